The predicted molar refractivity (Wildman–Crippen MR) is 86.6 cm³/mol. The second-order valence-corrected chi connectivity index (χ2v) is 6.67. The van der Waals surface area contributed by atoms with Crippen LogP contribution in [0.25, 0.3) is 0 Å². The van der Waals surface area contributed by atoms with Crippen LogP contribution in [0.1, 0.15) is 37.7 Å². The van der Waals surface area contributed by atoms with Gasteiger partial charge in [-0.15, -0.1) is 0 Å². The third-order valence-electron chi connectivity index (χ3n) is 5.01. The van der Waals surface area contributed by atoms with E-state index in [4.69, 9.17) is 0 Å². The third-order valence-corrected chi connectivity index (χ3v) is 5.01. The first-order valence-electron chi connectivity index (χ1n) is 8.46. The fraction of sp³-hybridized carbons (Fsp3) is 0.611. The summed E-state index contributed by atoms with van der Waals surface area (Å²) >= 11 is 0. The summed E-state index contributed by atoms with van der Waals surface area (Å²) in [4.78, 5) is 14.5. The van der Waals surface area contributed by atoms with Gasteiger partial charge in [0, 0.05) is 25.7 Å². The first-order chi connectivity index (χ1) is 10.7. The van der Waals surface area contributed by atoms with Gasteiger partial charge in [-0.25, -0.2) is 0 Å². The second-order valence-electron chi connectivity index (χ2n) is 6.67. The van der Waals surface area contributed by atoms with Crippen LogP contribution < -0.4 is 5.32 Å². The van der Waals surface area contributed by atoms with Crippen molar-refractivity contribution in [3.05, 3.63) is 35.9 Å². The maximum absolute atomic E-state index is 12.6. The molecular formula is C18H26N2O2. The van der Waals surface area contributed by atoms with E-state index in [1.807, 2.05) is 23.1 Å². The van der Waals surface area contributed by atoms with Crippen LogP contribution in [0.5, 0.6) is 0 Å². The molecule has 0 spiro atoms. The van der Waals surface area contributed by atoms with Gasteiger partial charge in [-0.2, -0.15) is 0 Å². The Bertz CT molecular complexity index is 501. The molecule has 1 aliphatic carbocycles. The number of rotatable bonds is 6. The Labute approximate surface area is 132 Å². The Balaban J connectivity index is 1.54. The normalized spacial score (nSPS) is 26.0. The van der Waals surface area contributed by atoms with E-state index >= 15 is 0 Å². The van der Waals surface area contributed by atoms with E-state index in [1.165, 1.54) is 24.8 Å². The zero-order chi connectivity index (χ0) is 15.4. The van der Waals surface area contributed by atoms with Crippen molar-refractivity contribution in [3.8, 4) is 0 Å². The van der Waals surface area contributed by atoms with Gasteiger partial charge in [-0.05, 0) is 37.7 Å². The zero-order valence-corrected chi connectivity index (χ0v) is 13.1. The molecule has 1 heterocycles. The highest BCUT2D eigenvalue weighted by Gasteiger charge is 2.42. The molecular weight excluding hydrogens is 276 g/mol. The summed E-state index contributed by atoms with van der Waals surface area (Å²) in [5, 5.41) is 14.1. The zero-order valence-electron chi connectivity index (χ0n) is 13.1. The number of carbonyl (C=O) groups excluding carboxylic acids is 1. The molecule has 4 heteroatoms. The molecule has 1 saturated heterocycles. The van der Waals surface area contributed by atoms with E-state index in [9.17, 15) is 9.90 Å². The number of carbonyl (C=O) groups is 1. The number of amides is 1. The SMILES string of the molecule is O=C1N(CCc2ccccc2)CCC[C@]1(O)CNC1CCC1. The van der Waals surface area contributed by atoms with Crippen LogP contribution in [0, 0.1) is 0 Å². The first-order valence-corrected chi connectivity index (χ1v) is 8.46. The molecule has 4 nitrogen and oxygen atoms in total. The average Bonchev–Trinajstić information content (AvgIpc) is 2.48. The van der Waals surface area contributed by atoms with Gasteiger partial charge in [0.2, 0.25) is 0 Å². The van der Waals surface area contributed by atoms with E-state index < -0.39 is 5.60 Å². The van der Waals surface area contributed by atoms with Crippen molar-refractivity contribution in [2.45, 2.75) is 50.2 Å². The molecule has 2 aliphatic rings. The highest BCUT2D eigenvalue weighted by molar-refractivity contribution is 5.86. The summed E-state index contributed by atoms with van der Waals surface area (Å²) in [5.41, 5.74) is 0.0295. The molecule has 3 rings (SSSR count). The number of benzene rings is 1. The minimum atomic E-state index is -1.20. The number of aliphatic hydroxyl groups is 1. The molecule has 1 aromatic carbocycles. The number of likely N-dealkylation sites (tertiary alicyclic amines) is 1. The molecule has 0 aromatic heterocycles. The molecule has 120 valence electrons. The molecule has 1 amide bonds. The summed E-state index contributed by atoms with van der Waals surface area (Å²) in [7, 11) is 0. The van der Waals surface area contributed by atoms with Gasteiger partial charge < -0.3 is 15.3 Å². The second kappa shape index (κ2) is 6.80. The molecule has 2 fully saturated rings. The van der Waals surface area contributed by atoms with Crippen molar-refractivity contribution in [2.24, 2.45) is 0 Å². The van der Waals surface area contributed by atoms with Crippen molar-refractivity contribution in [1.82, 2.24) is 10.2 Å². The molecule has 0 unspecified atom stereocenters. The molecule has 0 bridgehead atoms. The lowest BCUT2D eigenvalue weighted by Gasteiger charge is -2.40. The van der Waals surface area contributed by atoms with Crippen molar-refractivity contribution >= 4 is 5.91 Å². The lowest BCUT2D eigenvalue weighted by molar-refractivity contribution is -0.156. The summed E-state index contributed by atoms with van der Waals surface area (Å²) in [5.74, 6) is -0.0958. The number of nitrogens with one attached hydrogen (secondary N) is 1. The van der Waals surface area contributed by atoms with Crippen molar-refractivity contribution in [1.29, 1.82) is 0 Å². The molecule has 1 aromatic rings. The Morgan fingerprint density at radius 3 is 2.68 bits per heavy atom. The maximum atomic E-state index is 12.6. The lowest BCUT2D eigenvalue weighted by Crippen LogP contribution is -2.59. The quantitative estimate of drug-likeness (QED) is 0.841. The van der Waals surface area contributed by atoms with Crippen LogP contribution >= 0.6 is 0 Å². The fourth-order valence-electron chi connectivity index (χ4n) is 3.28. The number of nitrogens with zero attached hydrogens (tertiary/aromatic N) is 1. The Morgan fingerprint density at radius 1 is 1.23 bits per heavy atom. The minimum Gasteiger partial charge on any atom is -0.379 e. The molecule has 1 atom stereocenters. The molecule has 1 saturated carbocycles. The Morgan fingerprint density at radius 2 is 2.00 bits per heavy atom. The van der Waals surface area contributed by atoms with E-state index in [0.717, 1.165) is 19.4 Å². The summed E-state index contributed by atoms with van der Waals surface area (Å²) < 4.78 is 0. The molecule has 1 aliphatic heterocycles. The average molecular weight is 302 g/mol. The summed E-state index contributed by atoms with van der Waals surface area (Å²) in [6, 6.07) is 10.7. The van der Waals surface area contributed by atoms with Gasteiger partial charge >= 0.3 is 0 Å². The van der Waals surface area contributed by atoms with Crippen LogP contribution in [0.3, 0.4) is 0 Å². The van der Waals surface area contributed by atoms with E-state index in [-0.39, 0.29) is 5.91 Å². The number of hydrogen-bond acceptors (Lipinski definition) is 3. The van der Waals surface area contributed by atoms with Crippen LogP contribution in [0.4, 0.5) is 0 Å². The van der Waals surface area contributed by atoms with Gasteiger partial charge in [-0.3, -0.25) is 4.79 Å². The Hall–Kier alpha value is -1.39. The predicted octanol–water partition coefficient (Wildman–Crippen LogP) is 1.72. The maximum Gasteiger partial charge on any atom is 0.255 e. The van der Waals surface area contributed by atoms with Gasteiger partial charge in [-0.1, -0.05) is 36.8 Å². The van der Waals surface area contributed by atoms with Gasteiger partial charge in [0.05, 0.1) is 0 Å². The van der Waals surface area contributed by atoms with Gasteiger partial charge in [0.1, 0.15) is 0 Å². The minimum absolute atomic E-state index is 0.0958. The van der Waals surface area contributed by atoms with E-state index in [2.05, 4.69) is 17.4 Å². The Kier molecular flexibility index (Phi) is 4.79. The fourth-order valence-corrected chi connectivity index (χ4v) is 3.28. The van der Waals surface area contributed by atoms with Crippen LogP contribution in [0.2, 0.25) is 0 Å². The highest BCUT2D eigenvalue weighted by atomic mass is 16.3. The lowest BCUT2D eigenvalue weighted by atomic mass is 9.88. The van der Waals surface area contributed by atoms with E-state index in [0.29, 0.717) is 25.6 Å². The van der Waals surface area contributed by atoms with Crippen molar-refractivity contribution in [2.75, 3.05) is 19.6 Å². The first kappa shape index (κ1) is 15.5. The van der Waals surface area contributed by atoms with Crippen molar-refractivity contribution in [3.63, 3.8) is 0 Å². The van der Waals surface area contributed by atoms with Crippen LogP contribution in [-0.2, 0) is 11.2 Å². The van der Waals surface area contributed by atoms with Gasteiger partial charge in [0.25, 0.3) is 5.91 Å². The third kappa shape index (κ3) is 3.50. The molecule has 2 N–H and O–H groups in total. The molecule has 0 radical (unpaired) electrons. The standard InChI is InChI=1S/C18H26N2O2/c21-17-18(22,14-19-16-8-4-9-16)11-5-12-20(17)13-10-15-6-2-1-3-7-15/h1-3,6-7,16,19,22H,4-5,8-14H2/t18-/m0/s1. The summed E-state index contributed by atoms with van der Waals surface area (Å²) in [6.45, 7) is 1.85. The number of piperidine rings is 1. The molecule has 22 heavy (non-hydrogen) atoms. The van der Waals surface area contributed by atoms with E-state index in [1.54, 1.807) is 0 Å². The van der Waals surface area contributed by atoms with Crippen LogP contribution in [-0.4, -0.2) is 47.2 Å². The van der Waals surface area contributed by atoms with Gasteiger partial charge in [0.15, 0.2) is 5.60 Å². The smallest absolute Gasteiger partial charge is 0.255 e. The van der Waals surface area contributed by atoms with Crippen molar-refractivity contribution < 1.29 is 9.90 Å². The monoisotopic (exact) mass is 302 g/mol. The largest absolute Gasteiger partial charge is 0.379 e. The topological polar surface area (TPSA) is 52.6 Å². The van der Waals surface area contributed by atoms with Crippen LogP contribution in [0.15, 0.2) is 30.3 Å². The highest BCUT2D eigenvalue weighted by Crippen LogP contribution is 2.24. The number of hydrogen-bond donors (Lipinski definition) is 2. The summed E-state index contributed by atoms with van der Waals surface area (Å²) in [6.07, 6.45) is 5.90.